The number of carbonyl (C=O) groups excluding carboxylic acids is 1. The fourth-order valence-corrected chi connectivity index (χ4v) is 4.24. The molecular formula is C23H26N4O4. The van der Waals surface area contributed by atoms with Gasteiger partial charge in [0, 0.05) is 38.9 Å². The summed E-state index contributed by atoms with van der Waals surface area (Å²) in [7, 11) is 0. The summed E-state index contributed by atoms with van der Waals surface area (Å²) in [6.45, 7) is 8.49. The van der Waals surface area contributed by atoms with Crippen molar-refractivity contribution in [3.63, 3.8) is 0 Å². The first-order chi connectivity index (χ1) is 15.1. The van der Waals surface area contributed by atoms with Crippen LogP contribution < -0.4 is 14.2 Å². The maximum Gasteiger partial charge on any atom is 0.272 e. The van der Waals surface area contributed by atoms with Gasteiger partial charge in [-0.1, -0.05) is 6.07 Å². The van der Waals surface area contributed by atoms with Crippen LogP contribution in [-0.2, 0) is 6.54 Å². The highest BCUT2D eigenvalue weighted by Crippen LogP contribution is 2.33. The number of benzene rings is 1. The number of ether oxygens (including phenoxy) is 3. The number of aryl methyl sites for hydroxylation is 1. The van der Waals surface area contributed by atoms with E-state index in [9.17, 15) is 4.79 Å². The molecule has 5 rings (SSSR count). The molecule has 0 saturated carbocycles. The molecule has 0 radical (unpaired) electrons. The highest BCUT2D eigenvalue weighted by Gasteiger charge is 2.27. The molecule has 8 nitrogen and oxygen atoms in total. The van der Waals surface area contributed by atoms with Crippen molar-refractivity contribution in [1.29, 1.82) is 0 Å². The van der Waals surface area contributed by atoms with E-state index in [0.717, 1.165) is 36.8 Å². The molecule has 0 spiro atoms. The lowest BCUT2D eigenvalue weighted by molar-refractivity contribution is 0.0621. The van der Waals surface area contributed by atoms with Gasteiger partial charge < -0.3 is 19.1 Å². The smallest absolute Gasteiger partial charge is 0.272 e. The fourth-order valence-electron chi connectivity index (χ4n) is 4.24. The standard InChI is InChI=1S/C23H26N4O4/c1-3-29-19-5-4-8-27-21(16(2)24-22(19)27)23(28)26-11-9-25(10-12-26)14-17-6-7-18-20(13-17)31-15-30-18/h4-8,13H,3,9-12,14-15H2,1-2H3. The summed E-state index contributed by atoms with van der Waals surface area (Å²) in [6, 6.07) is 9.84. The third-order valence-corrected chi connectivity index (χ3v) is 5.79. The van der Waals surface area contributed by atoms with Gasteiger partial charge in [0.05, 0.1) is 12.3 Å². The first kappa shape index (κ1) is 19.7. The molecule has 8 heteroatoms. The zero-order valence-electron chi connectivity index (χ0n) is 17.8. The Morgan fingerprint density at radius 2 is 1.94 bits per heavy atom. The van der Waals surface area contributed by atoms with Crippen LogP contribution in [0.1, 0.15) is 28.7 Å². The lowest BCUT2D eigenvalue weighted by Gasteiger charge is -2.34. The summed E-state index contributed by atoms with van der Waals surface area (Å²) in [4.78, 5) is 22.2. The predicted molar refractivity (Wildman–Crippen MR) is 115 cm³/mol. The van der Waals surface area contributed by atoms with Gasteiger partial charge in [-0.15, -0.1) is 0 Å². The SMILES string of the molecule is CCOc1cccn2c(C(=O)N3CCN(Cc4ccc5c(c4)OCO5)CC3)c(C)nc12. The third-order valence-electron chi connectivity index (χ3n) is 5.79. The number of piperazine rings is 1. The van der Waals surface area contributed by atoms with Crippen molar-refractivity contribution in [3.05, 3.63) is 53.5 Å². The third kappa shape index (κ3) is 3.67. The molecule has 0 unspecified atom stereocenters. The Hall–Kier alpha value is -3.26. The monoisotopic (exact) mass is 422 g/mol. The minimum atomic E-state index is 0.0152. The van der Waals surface area contributed by atoms with Gasteiger partial charge in [0.25, 0.3) is 5.91 Å². The molecular weight excluding hydrogens is 396 g/mol. The molecule has 0 bridgehead atoms. The summed E-state index contributed by atoms with van der Waals surface area (Å²) >= 11 is 0. The molecule has 31 heavy (non-hydrogen) atoms. The number of amides is 1. The number of pyridine rings is 1. The van der Waals surface area contributed by atoms with E-state index in [1.165, 1.54) is 5.56 Å². The van der Waals surface area contributed by atoms with Crippen LogP contribution >= 0.6 is 0 Å². The molecule has 4 heterocycles. The van der Waals surface area contributed by atoms with E-state index in [1.54, 1.807) is 0 Å². The molecule has 2 aliphatic rings. The number of rotatable bonds is 5. The predicted octanol–water partition coefficient (Wildman–Crippen LogP) is 2.73. The Morgan fingerprint density at radius 3 is 2.74 bits per heavy atom. The fraction of sp³-hybridized carbons (Fsp3) is 0.391. The van der Waals surface area contributed by atoms with Crippen LogP contribution in [0, 0.1) is 6.92 Å². The second-order valence-corrected chi connectivity index (χ2v) is 7.80. The van der Waals surface area contributed by atoms with Crippen LogP contribution in [0.25, 0.3) is 5.65 Å². The maximum atomic E-state index is 13.3. The zero-order valence-corrected chi connectivity index (χ0v) is 17.8. The molecule has 162 valence electrons. The Morgan fingerprint density at radius 1 is 1.13 bits per heavy atom. The van der Waals surface area contributed by atoms with Gasteiger partial charge in [0.1, 0.15) is 5.69 Å². The minimum Gasteiger partial charge on any atom is -0.490 e. The van der Waals surface area contributed by atoms with E-state index in [2.05, 4.69) is 16.0 Å². The number of hydrogen-bond acceptors (Lipinski definition) is 6. The molecule has 0 N–H and O–H groups in total. The van der Waals surface area contributed by atoms with E-state index in [-0.39, 0.29) is 12.7 Å². The number of imidazole rings is 1. The van der Waals surface area contributed by atoms with Crippen LogP contribution in [0.2, 0.25) is 0 Å². The average Bonchev–Trinajstić information content (AvgIpc) is 3.38. The van der Waals surface area contributed by atoms with E-state index >= 15 is 0 Å². The Bertz CT molecular complexity index is 1120. The van der Waals surface area contributed by atoms with E-state index in [0.29, 0.717) is 36.8 Å². The van der Waals surface area contributed by atoms with E-state index < -0.39 is 0 Å². The van der Waals surface area contributed by atoms with Crippen molar-refractivity contribution in [2.24, 2.45) is 0 Å². The first-order valence-electron chi connectivity index (χ1n) is 10.6. The zero-order chi connectivity index (χ0) is 21.4. The van der Waals surface area contributed by atoms with Crippen LogP contribution in [0.3, 0.4) is 0 Å². The maximum absolute atomic E-state index is 13.3. The normalized spacial score (nSPS) is 16.1. The van der Waals surface area contributed by atoms with Crippen LogP contribution in [0.5, 0.6) is 17.2 Å². The molecule has 1 aromatic carbocycles. The summed E-state index contributed by atoms with van der Waals surface area (Å²) in [5, 5.41) is 0. The highest BCUT2D eigenvalue weighted by atomic mass is 16.7. The van der Waals surface area contributed by atoms with Gasteiger partial charge in [-0.05, 0) is 43.7 Å². The Labute approximate surface area is 180 Å². The minimum absolute atomic E-state index is 0.0152. The van der Waals surface area contributed by atoms with Crippen LogP contribution in [0.4, 0.5) is 0 Å². The molecule has 1 saturated heterocycles. The molecule has 2 aliphatic heterocycles. The number of aromatic nitrogens is 2. The molecule has 1 fully saturated rings. The summed E-state index contributed by atoms with van der Waals surface area (Å²) in [5.41, 5.74) is 3.21. The van der Waals surface area contributed by atoms with Crippen molar-refractivity contribution in [2.45, 2.75) is 20.4 Å². The van der Waals surface area contributed by atoms with Crippen molar-refractivity contribution in [3.8, 4) is 17.2 Å². The quantitative estimate of drug-likeness (QED) is 0.630. The van der Waals surface area contributed by atoms with E-state index in [1.807, 2.05) is 53.6 Å². The Balaban J connectivity index is 1.27. The number of nitrogens with zero attached hydrogens (tertiary/aromatic N) is 4. The largest absolute Gasteiger partial charge is 0.490 e. The number of carbonyl (C=O) groups is 1. The first-order valence-corrected chi connectivity index (χ1v) is 10.6. The summed E-state index contributed by atoms with van der Waals surface area (Å²) < 4.78 is 18.4. The number of hydrogen-bond donors (Lipinski definition) is 0. The second-order valence-electron chi connectivity index (χ2n) is 7.80. The Kier molecular flexibility index (Phi) is 5.15. The van der Waals surface area contributed by atoms with Crippen LogP contribution in [-0.4, -0.2) is 64.7 Å². The molecule has 3 aromatic rings. The molecule has 0 atom stereocenters. The lowest BCUT2D eigenvalue weighted by atomic mass is 10.1. The average molecular weight is 422 g/mol. The highest BCUT2D eigenvalue weighted by molar-refractivity contribution is 5.95. The lowest BCUT2D eigenvalue weighted by Crippen LogP contribution is -2.48. The van der Waals surface area contributed by atoms with Crippen LogP contribution in [0.15, 0.2) is 36.5 Å². The van der Waals surface area contributed by atoms with E-state index in [4.69, 9.17) is 14.2 Å². The van der Waals surface area contributed by atoms with Gasteiger partial charge in [-0.3, -0.25) is 14.1 Å². The molecule has 2 aromatic heterocycles. The molecule has 1 amide bonds. The van der Waals surface area contributed by atoms with Crippen molar-refractivity contribution in [1.82, 2.24) is 19.2 Å². The van der Waals surface area contributed by atoms with Crippen molar-refractivity contribution < 1.29 is 19.0 Å². The summed E-state index contributed by atoms with van der Waals surface area (Å²) in [5.74, 6) is 2.32. The topological polar surface area (TPSA) is 68.5 Å². The van der Waals surface area contributed by atoms with Crippen molar-refractivity contribution in [2.75, 3.05) is 39.6 Å². The molecule has 0 aliphatic carbocycles. The van der Waals surface area contributed by atoms with Crippen molar-refractivity contribution >= 4 is 11.6 Å². The number of fused-ring (bicyclic) bond motifs is 2. The van der Waals surface area contributed by atoms with Gasteiger partial charge in [0.15, 0.2) is 22.9 Å². The van der Waals surface area contributed by atoms with Gasteiger partial charge in [-0.2, -0.15) is 0 Å². The van der Waals surface area contributed by atoms with Gasteiger partial charge in [-0.25, -0.2) is 4.98 Å². The van der Waals surface area contributed by atoms with Gasteiger partial charge >= 0.3 is 0 Å². The second kappa shape index (κ2) is 8.11. The van der Waals surface area contributed by atoms with Gasteiger partial charge in [0.2, 0.25) is 6.79 Å². The summed E-state index contributed by atoms with van der Waals surface area (Å²) in [6.07, 6.45) is 1.88.